The zero-order valence-electron chi connectivity index (χ0n) is 20.1. The number of pyridine rings is 1. The van der Waals surface area contributed by atoms with Crippen molar-refractivity contribution in [3.63, 3.8) is 0 Å². The molecule has 8 heteroatoms. The number of hydrogen-bond donors (Lipinski definition) is 1. The molecule has 2 fully saturated rings. The number of halogens is 1. The summed E-state index contributed by atoms with van der Waals surface area (Å²) in [7, 11) is 0. The van der Waals surface area contributed by atoms with E-state index < -0.39 is 0 Å². The molecule has 1 N–H and O–H groups in total. The lowest BCUT2D eigenvalue weighted by Gasteiger charge is -2.41. The Bertz CT molecular complexity index is 1040. The molecule has 3 heterocycles. The van der Waals surface area contributed by atoms with E-state index in [4.69, 9.17) is 16.3 Å². The van der Waals surface area contributed by atoms with Crippen LogP contribution in [0.5, 0.6) is 0 Å². The number of carbonyl (C=O) groups excluding carboxylic acids is 2. The van der Waals surface area contributed by atoms with Gasteiger partial charge in [0.05, 0.1) is 5.56 Å². The molecule has 4 rings (SSSR count). The topological polar surface area (TPSA) is 74.8 Å². The number of carbonyl (C=O) groups is 2. The lowest BCUT2D eigenvalue weighted by molar-refractivity contribution is -0.145. The zero-order chi connectivity index (χ0) is 24.2. The minimum atomic E-state index is -0.274. The van der Waals surface area contributed by atoms with Gasteiger partial charge in [-0.05, 0) is 68.5 Å². The fraction of sp³-hybridized carbons (Fsp3) is 0.500. The van der Waals surface area contributed by atoms with Gasteiger partial charge >= 0.3 is 0 Å². The molecular weight excluding hydrogens is 452 g/mol. The first-order chi connectivity index (χ1) is 16.4. The Morgan fingerprint density at radius 1 is 1.26 bits per heavy atom. The number of anilines is 1. The SMILES string of the molecule is CCc1ccc(C(=O)Nc2cc(Cl)cc(CN3CCN(C(=O)[C@@H]4CCCO4)[C@@H](C)C3)c2C)cn1. The monoisotopic (exact) mass is 484 g/mol. The number of rotatable bonds is 6. The molecule has 1 aromatic heterocycles. The van der Waals surface area contributed by atoms with Crippen molar-refractivity contribution < 1.29 is 14.3 Å². The fourth-order valence-corrected chi connectivity index (χ4v) is 4.94. The molecule has 1 aromatic carbocycles. The van der Waals surface area contributed by atoms with E-state index in [-0.39, 0.29) is 24.0 Å². The van der Waals surface area contributed by atoms with E-state index in [1.165, 1.54) is 0 Å². The summed E-state index contributed by atoms with van der Waals surface area (Å²) in [5.74, 6) is -0.0867. The van der Waals surface area contributed by atoms with E-state index in [0.717, 1.165) is 49.2 Å². The molecule has 0 saturated carbocycles. The zero-order valence-corrected chi connectivity index (χ0v) is 20.9. The minimum Gasteiger partial charge on any atom is -0.368 e. The van der Waals surface area contributed by atoms with Crippen molar-refractivity contribution in [2.45, 2.75) is 58.7 Å². The number of amides is 2. The Hall–Kier alpha value is -2.48. The van der Waals surface area contributed by atoms with Crippen molar-refractivity contribution in [2.75, 3.05) is 31.6 Å². The molecule has 2 saturated heterocycles. The van der Waals surface area contributed by atoms with Crippen molar-refractivity contribution in [3.05, 3.63) is 57.9 Å². The maximum Gasteiger partial charge on any atom is 0.257 e. The van der Waals surface area contributed by atoms with Gasteiger partial charge in [0.1, 0.15) is 6.10 Å². The van der Waals surface area contributed by atoms with Crippen molar-refractivity contribution in [1.82, 2.24) is 14.8 Å². The second kappa shape index (κ2) is 10.8. The number of aryl methyl sites for hydroxylation is 1. The molecule has 0 bridgehead atoms. The number of hydrogen-bond acceptors (Lipinski definition) is 5. The first kappa shape index (κ1) is 24.6. The maximum atomic E-state index is 12.8. The minimum absolute atomic E-state index is 0.114. The third-order valence-electron chi connectivity index (χ3n) is 6.77. The average molecular weight is 485 g/mol. The Morgan fingerprint density at radius 2 is 2.09 bits per heavy atom. The number of aromatic nitrogens is 1. The van der Waals surface area contributed by atoms with Crippen LogP contribution in [-0.2, 0) is 22.5 Å². The van der Waals surface area contributed by atoms with Crippen LogP contribution in [0.3, 0.4) is 0 Å². The number of nitrogens with zero attached hydrogens (tertiary/aromatic N) is 3. The van der Waals surface area contributed by atoms with Crippen molar-refractivity contribution in [1.29, 1.82) is 0 Å². The highest BCUT2D eigenvalue weighted by atomic mass is 35.5. The van der Waals surface area contributed by atoms with Crippen LogP contribution in [0.25, 0.3) is 0 Å². The van der Waals surface area contributed by atoms with E-state index in [9.17, 15) is 9.59 Å². The van der Waals surface area contributed by atoms with Crippen LogP contribution in [0.15, 0.2) is 30.5 Å². The lowest BCUT2D eigenvalue weighted by atomic mass is 10.0. The molecule has 2 amide bonds. The standard InChI is InChI=1S/C26H33ClN4O3/c1-4-22-8-7-19(14-28-22)25(32)29-23-13-21(27)12-20(18(23)3)16-30-9-10-31(17(2)15-30)26(33)24-6-5-11-34-24/h7-8,12-14,17,24H,4-6,9-11,15-16H2,1-3H3,(H,29,32)/t17-,24-/m0/s1. The Kier molecular flexibility index (Phi) is 7.86. The normalized spacial score (nSPS) is 21.0. The molecule has 182 valence electrons. The van der Waals surface area contributed by atoms with Crippen LogP contribution in [0.4, 0.5) is 5.69 Å². The Labute approximate surface area is 206 Å². The average Bonchev–Trinajstić information content (AvgIpc) is 3.37. The molecule has 0 radical (unpaired) electrons. The molecule has 2 aromatic rings. The number of nitrogens with one attached hydrogen (secondary N) is 1. The van der Waals surface area contributed by atoms with Gasteiger partial charge in [0.15, 0.2) is 0 Å². The van der Waals surface area contributed by atoms with Gasteiger partial charge in [0, 0.05) is 61.4 Å². The summed E-state index contributed by atoms with van der Waals surface area (Å²) in [6.45, 7) is 9.75. The molecule has 0 spiro atoms. The Balaban J connectivity index is 1.41. The van der Waals surface area contributed by atoms with Gasteiger partial charge in [-0.2, -0.15) is 0 Å². The molecular formula is C26H33ClN4O3. The summed E-state index contributed by atoms with van der Waals surface area (Å²) in [5, 5.41) is 3.58. The predicted molar refractivity (Wildman–Crippen MR) is 133 cm³/mol. The highest BCUT2D eigenvalue weighted by Gasteiger charge is 2.34. The number of ether oxygens (including phenoxy) is 1. The van der Waals surface area contributed by atoms with Gasteiger partial charge in [0.25, 0.3) is 11.8 Å². The summed E-state index contributed by atoms with van der Waals surface area (Å²) in [4.78, 5) is 34.2. The Morgan fingerprint density at radius 3 is 2.74 bits per heavy atom. The van der Waals surface area contributed by atoms with Crippen LogP contribution in [0.1, 0.15) is 53.9 Å². The molecule has 0 unspecified atom stereocenters. The summed E-state index contributed by atoms with van der Waals surface area (Å²) < 4.78 is 5.60. The van der Waals surface area contributed by atoms with Crippen LogP contribution < -0.4 is 5.32 Å². The summed E-state index contributed by atoms with van der Waals surface area (Å²) in [6, 6.07) is 7.52. The smallest absolute Gasteiger partial charge is 0.257 e. The van der Waals surface area contributed by atoms with E-state index in [2.05, 4.69) is 22.1 Å². The second-order valence-electron chi connectivity index (χ2n) is 9.20. The molecule has 34 heavy (non-hydrogen) atoms. The van der Waals surface area contributed by atoms with Gasteiger partial charge in [-0.3, -0.25) is 19.5 Å². The highest BCUT2D eigenvalue weighted by Crippen LogP contribution is 2.27. The quantitative estimate of drug-likeness (QED) is 0.669. The van der Waals surface area contributed by atoms with Crippen LogP contribution in [0, 0.1) is 6.92 Å². The first-order valence-corrected chi connectivity index (χ1v) is 12.4. The van der Waals surface area contributed by atoms with Crippen LogP contribution in [0.2, 0.25) is 5.02 Å². The van der Waals surface area contributed by atoms with E-state index >= 15 is 0 Å². The summed E-state index contributed by atoms with van der Waals surface area (Å²) in [5.41, 5.74) is 4.21. The molecule has 0 aliphatic carbocycles. The van der Waals surface area contributed by atoms with Gasteiger partial charge in [-0.1, -0.05) is 18.5 Å². The molecule has 2 aliphatic heterocycles. The first-order valence-electron chi connectivity index (χ1n) is 12.1. The van der Waals surface area contributed by atoms with Crippen LogP contribution >= 0.6 is 11.6 Å². The van der Waals surface area contributed by atoms with Gasteiger partial charge in [0.2, 0.25) is 0 Å². The van der Waals surface area contributed by atoms with Crippen molar-refractivity contribution in [3.8, 4) is 0 Å². The third kappa shape index (κ3) is 5.59. The molecule has 7 nitrogen and oxygen atoms in total. The van der Waals surface area contributed by atoms with E-state index in [0.29, 0.717) is 36.0 Å². The summed E-state index contributed by atoms with van der Waals surface area (Å²) >= 11 is 6.43. The predicted octanol–water partition coefficient (Wildman–Crippen LogP) is 4.07. The molecule has 2 aliphatic rings. The summed E-state index contributed by atoms with van der Waals surface area (Å²) in [6.07, 6.45) is 3.93. The highest BCUT2D eigenvalue weighted by molar-refractivity contribution is 6.31. The number of benzene rings is 1. The second-order valence-corrected chi connectivity index (χ2v) is 9.64. The lowest BCUT2D eigenvalue weighted by Crippen LogP contribution is -2.55. The van der Waals surface area contributed by atoms with Crippen LogP contribution in [-0.4, -0.2) is 65.0 Å². The van der Waals surface area contributed by atoms with Gasteiger partial charge < -0.3 is 15.0 Å². The van der Waals surface area contributed by atoms with Gasteiger partial charge in [-0.25, -0.2) is 0 Å². The molecule has 2 atom stereocenters. The third-order valence-corrected chi connectivity index (χ3v) is 6.99. The maximum absolute atomic E-state index is 12.8. The van der Waals surface area contributed by atoms with E-state index in [1.807, 2.05) is 30.9 Å². The van der Waals surface area contributed by atoms with Crippen molar-refractivity contribution >= 4 is 29.1 Å². The van der Waals surface area contributed by atoms with Gasteiger partial charge in [-0.15, -0.1) is 0 Å². The van der Waals surface area contributed by atoms with Crippen molar-refractivity contribution in [2.24, 2.45) is 0 Å². The largest absolute Gasteiger partial charge is 0.368 e. The fourth-order valence-electron chi connectivity index (χ4n) is 4.69. The number of piperazine rings is 1. The van der Waals surface area contributed by atoms with E-state index in [1.54, 1.807) is 18.3 Å².